The fourth-order valence-corrected chi connectivity index (χ4v) is 0.809. The van der Waals surface area contributed by atoms with Crippen molar-refractivity contribution >= 4 is 5.91 Å². The molecule has 50 valence electrons. The number of hydrogen-bond acceptors (Lipinski definition) is 1. The highest BCUT2D eigenvalue weighted by Gasteiger charge is 2.25. The maximum atomic E-state index is 11.0. The molecule has 1 heterocycles. The summed E-state index contributed by atoms with van der Waals surface area (Å²) in [7, 11) is 0. The van der Waals surface area contributed by atoms with Crippen LogP contribution in [0.4, 0.5) is 0 Å². The van der Waals surface area contributed by atoms with Gasteiger partial charge in [0.1, 0.15) is 0 Å². The molecule has 1 aliphatic heterocycles. The summed E-state index contributed by atoms with van der Waals surface area (Å²) >= 11 is 0. The molecule has 0 fully saturated rings. The number of carbonyl (C=O) groups excluding carboxylic acids is 1. The summed E-state index contributed by atoms with van der Waals surface area (Å²) in [5, 5.41) is 2.75. The van der Waals surface area contributed by atoms with Crippen LogP contribution in [0.25, 0.3) is 0 Å². The highest BCUT2D eigenvalue weighted by molar-refractivity contribution is 5.84. The van der Waals surface area contributed by atoms with Crippen LogP contribution in [0.1, 0.15) is 13.8 Å². The molecular weight excluding hydrogens is 114 g/mol. The summed E-state index contributed by atoms with van der Waals surface area (Å²) < 4.78 is 0. The fraction of sp³-hybridized carbons (Fsp3) is 0.571. The topological polar surface area (TPSA) is 29.1 Å². The van der Waals surface area contributed by atoms with E-state index >= 15 is 0 Å². The van der Waals surface area contributed by atoms with Crippen molar-refractivity contribution in [3.05, 3.63) is 12.2 Å². The maximum Gasteiger partial charge on any atom is 0.229 e. The van der Waals surface area contributed by atoms with E-state index in [-0.39, 0.29) is 11.3 Å². The van der Waals surface area contributed by atoms with Gasteiger partial charge < -0.3 is 5.32 Å². The standard InChI is InChI=1S/C7H11NO/c1-7(2)4-3-5-8-6(7)9/h3-4H,5H2,1-2H3,(H,8,9). The van der Waals surface area contributed by atoms with E-state index in [2.05, 4.69) is 5.32 Å². The monoisotopic (exact) mass is 125 g/mol. The molecule has 0 saturated heterocycles. The first kappa shape index (κ1) is 6.33. The Morgan fingerprint density at radius 1 is 1.67 bits per heavy atom. The molecule has 1 N–H and O–H groups in total. The zero-order chi connectivity index (χ0) is 6.91. The largest absolute Gasteiger partial charge is 0.352 e. The van der Waals surface area contributed by atoms with Crippen LogP contribution in [0.2, 0.25) is 0 Å². The van der Waals surface area contributed by atoms with Gasteiger partial charge in [0.05, 0.1) is 5.41 Å². The molecule has 0 spiro atoms. The van der Waals surface area contributed by atoms with Crippen molar-refractivity contribution in [2.45, 2.75) is 13.8 Å². The van der Waals surface area contributed by atoms with Gasteiger partial charge in [-0.2, -0.15) is 0 Å². The fourth-order valence-electron chi connectivity index (χ4n) is 0.809. The van der Waals surface area contributed by atoms with Crippen molar-refractivity contribution in [1.29, 1.82) is 0 Å². The summed E-state index contributed by atoms with van der Waals surface area (Å²) in [6.45, 7) is 4.48. The Hall–Kier alpha value is -0.790. The molecule has 9 heavy (non-hydrogen) atoms. The van der Waals surface area contributed by atoms with E-state index in [1.54, 1.807) is 0 Å². The number of nitrogens with one attached hydrogen (secondary N) is 1. The lowest BCUT2D eigenvalue weighted by Crippen LogP contribution is -2.38. The SMILES string of the molecule is CC1(C)C=CCNC1=O. The lowest BCUT2D eigenvalue weighted by atomic mass is 9.90. The van der Waals surface area contributed by atoms with Crippen LogP contribution in [0, 0.1) is 5.41 Å². The second kappa shape index (κ2) is 1.87. The van der Waals surface area contributed by atoms with E-state index in [1.165, 1.54) is 0 Å². The predicted octanol–water partition coefficient (Wildman–Crippen LogP) is 0.699. The molecular formula is C7H11NO. The summed E-state index contributed by atoms with van der Waals surface area (Å²) in [5.74, 6) is 0.116. The van der Waals surface area contributed by atoms with Gasteiger partial charge in [-0.1, -0.05) is 12.2 Å². The number of carbonyl (C=O) groups is 1. The molecule has 0 radical (unpaired) electrons. The van der Waals surface area contributed by atoms with Gasteiger partial charge in [-0.3, -0.25) is 4.79 Å². The maximum absolute atomic E-state index is 11.0. The van der Waals surface area contributed by atoms with E-state index in [0.717, 1.165) is 0 Å². The molecule has 0 unspecified atom stereocenters. The minimum absolute atomic E-state index is 0.116. The smallest absolute Gasteiger partial charge is 0.229 e. The van der Waals surface area contributed by atoms with Crippen molar-refractivity contribution in [2.24, 2.45) is 5.41 Å². The summed E-state index contributed by atoms with van der Waals surface area (Å²) in [6.07, 6.45) is 3.91. The number of amides is 1. The van der Waals surface area contributed by atoms with Gasteiger partial charge in [-0.25, -0.2) is 0 Å². The molecule has 0 aliphatic carbocycles. The van der Waals surface area contributed by atoms with Gasteiger partial charge >= 0.3 is 0 Å². The van der Waals surface area contributed by atoms with Crippen LogP contribution in [0.15, 0.2) is 12.2 Å². The molecule has 1 rings (SSSR count). The second-order valence-corrected chi connectivity index (χ2v) is 2.83. The third-order valence-electron chi connectivity index (χ3n) is 1.50. The molecule has 1 amide bonds. The van der Waals surface area contributed by atoms with Gasteiger partial charge in [-0.15, -0.1) is 0 Å². The molecule has 0 aromatic rings. The van der Waals surface area contributed by atoms with Crippen LogP contribution in [0.3, 0.4) is 0 Å². The Kier molecular flexibility index (Phi) is 1.31. The van der Waals surface area contributed by atoms with E-state index < -0.39 is 0 Å². The Labute approximate surface area is 54.9 Å². The van der Waals surface area contributed by atoms with Gasteiger partial charge in [-0.05, 0) is 13.8 Å². The van der Waals surface area contributed by atoms with E-state index in [0.29, 0.717) is 6.54 Å². The Balaban J connectivity index is 2.81. The minimum atomic E-state index is -0.293. The van der Waals surface area contributed by atoms with Crippen molar-refractivity contribution in [1.82, 2.24) is 5.32 Å². The van der Waals surface area contributed by atoms with E-state index in [1.807, 2.05) is 26.0 Å². The zero-order valence-corrected chi connectivity index (χ0v) is 5.77. The molecule has 2 nitrogen and oxygen atoms in total. The van der Waals surface area contributed by atoms with Crippen molar-refractivity contribution in [3.8, 4) is 0 Å². The molecule has 0 bridgehead atoms. The molecule has 2 heteroatoms. The lowest BCUT2D eigenvalue weighted by molar-refractivity contribution is -0.127. The Bertz CT molecular complexity index is 158. The quantitative estimate of drug-likeness (QED) is 0.474. The van der Waals surface area contributed by atoms with Crippen LogP contribution in [-0.4, -0.2) is 12.5 Å². The average Bonchev–Trinajstić information content (AvgIpc) is 1.77. The molecule has 0 aromatic carbocycles. The van der Waals surface area contributed by atoms with Gasteiger partial charge in [0.2, 0.25) is 5.91 Å². The van der Waals surface area contributed by atoms with Crippen LogP contribution < -0.4 is 5.32 Å². The summed E-state index contributed by atoms with van der Waals surface area (Å²) in [6, 6.07) is 0. The van der Waals surface area contributed by atoms with Gasteiger partial charge in [0.15, 0.2) is 0 Å². The van der Waals surface area contributed by atoms with Crippen LogP contribution in [-0.2, 0) is 4.79 Å². The van der Waals surface area contributed by atoms with E-state index in [4.69, 9.17) is 0 Å². The molecule has 0 aromatic heterocycles. The second-order valence-electron chi connectivity index (χ2n) is 2.83. The molecule has 0 saturated carbocycles. The Morgan fingerprint density at radius 2 is 2.33 bits per heavy atom. The molecule has 1 aliphatic rings. The van der Waals surface area contributed by atoms with E-state index in [9.17, 15) is 4.79 Å². The summed E-state index contributed by atoms with van der Waals surface area (Å²) in [5.41, 5.74) is -0.293. The predicted molar refractivity (Wildman–Crippen MR) is 35.9 cm³/mol. The molecule has 0 atom stereocenters. The average molecular weight is 125 g/mol. The highest BCUT2D eigenvalue weighted by atomic mass is 16.2. The number of hydrogen-bond donors (Lipinski definition) is 1. The third kappa shape index (κ3) is 1.12. The number of rotatable bonds is 0. The summed E-state index contributed by atoms with van der Waals surface area (Å²) in [4.78, 5) is 11.0. The lowest BCUT2D eigenvalue weighted by Gasteiger charge is -2.22. The van der Waals surface area contributed by atoms with Crippen LogP contribution in [0.5, 0.6) is 0 Å². The van der Waals surface area contributed by atoms with Gasteiger partial charge in [0, 0.05) is 6.54 Å². The van der Waals surface area contributed by atoms with Crippen molar-refractivity contribution in [3.63, 3.8) is 0 Å². The highest BCUT2D eigenvalue weighted by Crippen LogP contribution is 2.18. The minimum Gasteiger partial charge on any atom is -0.352 e. The van der Waals surface area contributed by atoms with Crippen molar-refractivity contribution in [2.75, 3.05) is 6.54 Å². The first-order valence-electron chi connectivity index (χ1n) is 3.09. The first-order valence-corrected chi connectivity index (χ1v) is 3.09. The van der Waals surface area contributed by atoms with Gasteiger partial charge in [0.25, 0.3) is 0 Å². The third-order valence-corrected chi connectivity index (χ3v) is 1.50. The van der Waals surface area contributed by atoms with Crippen molar-refractivity contribution < 1.29 is 4.79 Å². The zero-order valence-electron chi connectivity index (χ0n) is 5.77. The normalized spacial score (nSPS) is 23.6. The van der Waals surface area contributed by atoms with Crippen LogP contribution >= 0.6 is 0 Å². The Morgan fingerprint density at radius 3 is 2.67 bits per heavy atom. The first-order chi connectivity index (χ1) is 4.13.